The molecule has 1 aromatic heterocycles. The molecule has 0 bridgehead atoms. The number of carbonyl (C=O) groups is 2. The first-order chi connectivity index (χ1) is 18.4. The first kappa shape index (κ1) is 26.1. The molecule has 1 atom stereocenters. The van der Waals surface area contributed by atoms with Crippen LogP contribution in [0.4, 0.5) is 10.2 Å². The van der Waals surface area contributed by atoms with Gasteiger partial charge in [-0.1, -0.05) is 35.5 Å². The van der Waals surface area contributed by atoms with Crippen LogP contribution in [0.1, 0.15) is 22.8 Å². The van der Waals surface area contributed by atoms with Crippen molar-refractivity contribution in [3.8, 4) is 11.5 Å². The number of hydrogen-bond donors (Lipinski definition) is 1. The van der Waals surface area contributed by atoms with Gasteiger partial charge in [-0.05, 0) is 42.8 Å². The minimum atomic E-state index is -0.440. The van der Waals surface area contributed by atoms with E-state index < -0.39 is 5.82 Å². The highest BCUT2D eigenvalue weighted by molar-refractivity contribution is 7.99. The van der Waals surface area contributed by atoms with Crippen LogP contribution < -0.4 is 19.7 Å². The van der Waals surface area contributed by atoms with E-state index in [1.807, 2.05) is 30.0 Å². The van der Waals surface area contributed by atoms with Gasteiger partial charge in [0.2, 0.25) is 12.7 Å². The maximum absolute atomic E-state index is 13.6. The Morgan fingerprint density at radius 1 is 1.13 bits per heavy atom. The third-order valence-corrected chi connectivity index (χ3v) is 7.24. The Balaban J connectivity index is 1.15. The normalized spacial score (nSPS) is 16.4. The van der Waals surface area contributed by atoms with Gasteiger partial charge < -0.3 is 24.6 Å². The number of carbonyl (C=O) groups excluding carboxylic acids is 2. The number of rotatable bonds is 7. The van der Waals surface area contributed by atoms with E-state index >= 15 is 0 Å². The summed E-state index contributed by atoms with van der Waals surface area (Å²) in [5.41, 5.74) is 1.23. The number of amides is 2. The molecule has 9 nitrogen and oxygen atoms in total. The van der Waals surface area contributed by atoms with E-state index in [9.17, 15) is 14.0 Å². The number of aromatic nitrogens is 2. The summed E-state index contributed by atoms with van der Waals surface area (Å²) in [6.45, 7) is 3.99. The predicted octanol–water partition coefficient (Wildman–Crippen LogP) is 3.76. The quantitative estimate of drug-likeness (QED) is 0.266. The van der Waals surface area contributed by atoms with Gasteiger partial charge in [0.05, 0.1) is 5.75 Å². The van der Waals surface area contributed by atoms with E-state index in [0.29, 0.717) is 54.2 Å². The van der Waals surface area contributed by atoms with E-state index in [0.717, 1.165) is 5.56 Å². The molecule has 3 heterocycles. The van der Waals surface area contributed by atoms with Crippen molar-refractivity contribution in [2.24, 2.45) is 0 Å². The number of halogens is 2. The highest BCUT2D eigenvalue weighted by Gasteiger charge is 2.29. The molecule has 3 aromatic rings. The molecule has 1 saturated heterocycles. The summed E-state index contributed by atoms with van der Waals surface area (Å²) < 4.78 is 24.3. The SMILES string of the molecule is CC1CN(c2cc(Cl)nc(SCC(=O)NCc3ccc4c(c3)OCO4)n2)CCN1C(=O)c1cccc(F)c1. The Morgan fingerprint density at radius 2 is 1.97 bits per heavy atom. The summed E-state index contributed by atoms with van der Waals surface area (Å²) >= 11 is 7.46. The summed E-state index contributed by atoms with van der Waals surface area (Å²) in [4.78, 5) is 37.9. The first-order valence-corrected chi connectivity index (χ1v) is 13.4. The largest absolute Gasteiger partial charge is 0.454 e. The average Bonchev–Trinajstić information content (AvgIpc) is 3.38. The monoisotopic (exact) mass is 557 g/mol. The van der Waals surface area contributed by atoms with Gasteiger partial charge in [0.25, 0.3) is 5.91 Å². The number of hydrogen-bond acceptors (Lipinski definition) is 8. The smallest absolute Gasteiger partial charge is 0.254 e. The number of piperazine rings is 1. The Morgan fingerprint density at radius 3 is 2.79 bits per heavy atom. The second kappa shape index (κ2) is 11.4. The van der Waals surface area contributed by atoms with Gasteiger partial charge in [-0.3, -0.25) is 9.59 Å². The second-order valence-corrected chi connectivity index (χ2v) is 10.2. The molecule has 2 aliphatic heterocycles. The number of nitrogens with zero attached hydrogens (tertiary/aromatic N) is 4. The molecular formula is C26H25ClFN5O4S. The van der Waals surface area contributed by atoms with Gasteiger partial charge in [0.1, 0.15) is 16.8 Å². The van der Waals surface area contributed by atoms with Crippen molar-refractivity contribution in [2.45, 2.75) is 24.7 Å². The van der Waals surface area contributed by atoms with Crippen LogP contribution in [-0.4, -0.2) is 64.9 Å². The molecule has 2 amide bonds. The molecule has 38 heavy (non-hydrogen) atoms. The topological polar surface area (TPSA) is 96.9 Å². The van der Waals surface area contributed by atoms with Crippen LogP contribution >= 0.6 is 23.4 Å². The maximum atomic E-state index is 13.6. The van der Waals surface area contributed by atoms with E-state index in [-0.39, 0.29) is 35.6 Å². The number of thioether (sulfide) groups is 1. The molecular weight excluding hydrogens is 533 g/mol. The van der Waals surface area contributed by atoms with Crippen molar-refractivity contribution in [3.05, 3.63) is 70.6 Å². The van der Waals surface area contributed by atoms with Gasteiger partial charge in [-0.2, -0.15) is 0 Å². The Labute approximate surface area is 228 Å². The van der Waals surface area contributed by atoms with Crippen molar-refractivity contribution >= 4 is 41.0 Å². The van der Waals surface area contributed by atoms with Crippen LogP contribution in [0, 0.1) is 5.82 Å². The molecule has 5 rings (SSSR count). The molecule has 0 aliphatic carbocycles. The highest BCUT2D eigenvalue weighted by atomic mass is 35.5. The summed E-state index contributed by atoms with van der Waals surface area (Å²) in [5.74, 6) is 1.29. The lowest BCUT2D eigenvalue weighted by atomic mass is 10.1. The fourth-order valence-electron chi connectivity index (χ4n) is 4.30. The van der Waals surface area contributed by atoms with Crippen molar-refractivity contribution in [3.63, 3.8) is 0 Å². The number of ether oxygens (including phenoxy) is 2. The molecule has 198 valence electrons. The lowest BCUT2D eigenvalue weighted by Gasteiger charge is -2.40. The zero-order valence-electron chi connectivity index (χ0n) is 20.5. The van der Waals surface area contributed by atoms with Crippen molar-refractivity contribution in [2.75, 3.05) is 37.1 Å². The van der Waals surface area contributed by atoms with E-state index in [1.54, 1.807) is 17.0 Å². The number of anilines is 1. The van der Waals surface area contributed by atoms with Gasteiger partial charge in [-0.15, -0.1) is 0 Å². The molecule has 1 fully saturated rings. The third-order valence-electron chi connectivity index (χ3n) is 6.20. The second-order valence-electron chi connectivity index (χ2n) is 8.89. The van der Waals surface area contributed by atoms with Crippen molar-refractivity contribution in [1.29, 1.82) is 0 Å². The minimum absolute atomic E-state index is 0.122. The number of nitrogens with one attached hydrogen (secondary N) is 1. The molecule has 12 heteroatoms. The minimum Gasteiger partial charge on any atom is -0.454 e. The van der Waals surface area contributed by atoms with E-state index in [2.05, 4.69) is 15.3 Å². The summed E-state index contributed by atoms with van der Waals surface area (Å²) in [5, 5.41) is 3.53. The number of fused-ring (bicyclic) bond motifs is 1. The lowest BCUT2D eigenvalue weighted by molar-refractivity contribution is -0.118. The van der Waals surface area contributed by atoms with E-state index in [4.69, 9.17) is 21.1 Å². The zero-order chi connectivity index (χ0) is 26.6. The maximum Gasteiger partial charge on any atom is 0.254 e. The van der Waals surface area contributed by atoms with Gasteiger partial charge >= 0.3 is 0 Å². The van der Waals surface area contributed by atoms with Crippen LogP contribution in [0.5, 0.6) is 11.5 Å². The van der Waals surface area contributed by atoms with Crippen LogP contribution in [-0.2, 0) is 11.3 Å². The molecule has 1 unspecified atom stereocenters. The average molecular weight is 558 g/mol. The van der Waals surface area contributed by atoms with Crippen LogP contribution in [0.15, 0.2) is 53.7 Å². The fraction of sp³-hybridized carbons (Fsp3) is 0.308. The van der Waals surface area contributed by atoms with Crippen molar-refractivity contribution < 1.29 is 23.5 Å². The molecule has 0 spiro atoms. The van der Waals surface area contributed by atoms with Crippen LogP contribution in [0.2, 0.25) is 5.15 Å². The summed E-state index contributed by atoms with van der Waals surface area (Å²) in [7, 11) is 0. The van der Waals surface area contributed by atoms with Gasteiger partial charge in [0, 0.05) is 43.9 Å². The predicted molar refractivity (Wildman–Crippen MR) is 141 cm³/mol. The highest BCUT2D eigenvalue weighted by Crippen LogP contribution is 2.32. The van der Waals surface area contributed by atoms with Crippen LogP contribution in [0.3, 0.4) is 0 Å². The third kappa shape index (κ3) is 6.11. The molecule has 0 saturated carbocycles. The van der Waals surface area contributed by atoms with Crippen LogP contribution in [0.25, 0.3) is 0 Å². The molecule has 1 N–H and O–H groups in total. The Hall–Kier alpha value is -3.57. The fourth-order valence-corrected chi connectivity index (χ4v) is 5.21. The van der Waals surface area contributed by atoms with Gasteiger partial charge in [0.15, 0.2) is 16.7 Å². The summed E-state index contributed by atoms with van der Waals surface area (Å²) in [6.07, 6.45) is 0. The van der Waals surface area contributed by atoms with Crippen molar-refractivity contribution in [1.82, 2.24) is 20.2 Å². The molecule has 2 aliphatic rings. The molecule has 2 aromatic carbocycles. The van der Waals surface area contributed by atoms with E-state index in [1.165, 1.54) is 30.0 Å². The first-order valence-electron chi connectivity index (χ1n) is 12.0. The lowest BCUT2D eigenvalue weighted by Crippen LogP contribution is -2.54. The Kier molecular flexibility index (Phi) is 7.85. The molecule has 0 radical (unpaired) electrons. The summed E-state index contributed by atoms with van der Waals surface area (Å²) in [6, 6.07) is 12.8. The number of benzene rings is 2. The zero-order valence-corrected chi connectivity index (χ0v) is 22.1. The standard InChI is InChI=1S/C26H25ClFN5O4S/c1-16-13-32(7-8-33(16)25(35)18-3-2-4-19(28)10-18)23-11-22(27)30-26(31-23)38-14-24(34)29-12-17-5-6-20-21(9-17)37-15-36-20/h2-6,9-11,16H,7-8,12-15H2,1H3,(H,29,34). The van der Waals surface area contributed by atoms with Gasteiger partial charge in [-0.25, -0.2) is 14.4 Å². The Bertz CT molecular complexity index is 1360.